The van der Waals surface area contributed by atoms with Gasteiger partial charge in [-0.05, 0) is 31.5 Å². The van der Waals surface area contributed by atoms with Crippen LogP contribution in [0.5, 0.6) is 0 Å². The van der Waals surface area contributed by atoms with E-state index in [1.54, 1.807) is 6.07 Å². The molecule has 0 radical (unpaired) electrons. The van der Waals surface area contributed by atoms with Crippen LogP contribution in [0.25, 0.3) is 0 Å². The van der Waals surface area contributed by atoms with Crippen LogP contribution in [0, 0.1) is 0 Å². The van der Waals surface area contributed by atoms with Gasteiger partial charge in [0.15, 0.2) is 0 Å². The molecule has 1 aromatic carbocycles. The van der Waals surface area contributed by atoms with Crippen molar-refractivity contribution in [2.24, 2.45) is 0 Å². The molecule has 18 heavy (non-hydrogen) atoms. The first-order chi connectivity index (χ1) is 7.43. The molecule has 1 atom stereocenters. The lowest BCUT2D eigenvalue weighted by atomic mass is 10.0. The van der Waals surface area contributed by atoms with Gasteiger partial charge in [-0.3, -0.25) is 0 Å². The van der Waals surface area contributed by atoms with Crippen molar-refractivity contribution >= 4 is 24.8 Å². The highest BCUT2D eigenvalue weighted by Crippen LogP contribution is 2.29. The normalized spacial score (nSPS) is 12.3. The minimum Gasteiger partial charge on any atom is -0.314 e. The van der Waals surface area contributed by atoms with Gasteiger partial charge in [0, 0.05) is 6.04 Å². The van der Waals surface area contributed by atoms with Gasteiger partial charge in [0.1, 0.15) is 0 Å². The highest BCUT2D eigenvalue weighted by Gasteiger charge is 2.30. The van der Waals surface area contributed by atoms with Gasteiger partial charge < -0.3 is 5.32 Å². The first-order valence-electron chi connectivity index (χ1n) is 5.33. The van der Waals surface area contributed by atoms with Crippen molar-refractivity contribution in [2.75, 3.05) is 6.54 Å². The van der Waals surface area contributed by atoms with Crippen molar-refractivity contribution in [1.82, 2.24) is 5.32 Å². The molecule has 0 aromatic heterocycles. The van der Waals surface area contributed by atoms with Crippen LogP contribution in [0.1, 0.15) is 25.0 Å². The van der Waals surface area contributed by atoms with Crippen molar-refractivity contribution in [3.05, 3.63) is 35.4 Å². The van der Waals surface area contributed by atoms with E-state index in [4.69, 9.17) is 0 Å². The summed E-state index contributed by atoms with van der Waals surface area (Å²) in [5.41, 5.74) is 0.136. The number of alkyl halides is 3. The lowest BCUT2D eigenvalue weighted by molar-refractivity contribution is -0.137. The van der Waals surface area contributed by atoms with Crippen molar-refractivity contribution in [2.45, 2.75) is 32.5 Å². The monoisotopic (exact) mass is 303 g/mol. The third-order valence-corrected chi connectivity index (χ3v) is 2.35. The molecule has 1 unspecified atom stereocenters. The summed E-state index contributed by atoms with van der Waals surface area (Å²) in [5.74, 6) is 0. The van der Waals surface area contributed by atoms with Crippen LogP contribution in [0.15, 0.2) is 24.3 Å². The summed E-state index contributed by atoms with van der Waals surface area (Å²) in [6.45, 7) is 4.76. The van der Waals surface area contributed by atoms with Crippen LogP contribution in [0.4, 0.5) is 13.2 Å². The van der Waals surface area contributed by atoms with Crippen LogP contribution in [-0.2, 0) is 12.6 Å². The molecule has 0 fully saturated rings. The molecule has 0 saturated carbocycles. The van der Waals surface area contributed by atoms with E-state index in [1.165, 1.54) is 12.1 Å². The van der Waals surface area contributed by atoms with Gasteiger partial charge in [-0.15, -0.1) is 24.8 Å². The number of rotatable bonds is 4. The van der Waals surface area contributed by atoms with Crippen LogP contribution < -0.4 is 5.32 Å². The van der Waals surface area contributed by atoms with Crippen LogP contribution >= 0.6 is 24.8 Å². The van der Waals surface area contributed by atoms with E-state index in [9.17, 15) is 13.2 Å². The first kappa shape index (κ1) is 19.9. The van der Waals surface area contributed by atoms with E-state index in [1.807, 2.05) is 13.8 Å². The lowest BCUT2D eigenvalue weighted by Crippen LogP contribution is -2.27. The summed E-state index contributed by atoms with van der Waals surface area (Å²) in [5, 5.41) is 3.17. The smallest absolute Gasteiger partial charge is 0.314 e. The van der Waals surface area contributed by atoms with Crippen molar-refractivity contribution in [3.63, 3.8) is 0 Å². The summed E-state index contributed by atoms with van der Waals surface area (Å²) in [7, 11) is 0. The second kappa shape index (κ2) is 8.62. The Balaban J connectivity index is 0. The Morgan fingerprint density at radius 1 is 1.22 bits per heavy atom. The fourth-order valence-corrected chi connectivity index (χ4v) is 1.65. The van der Waals surface area contributed by atoms with E-state index in [0.29, 0.717) is 12.0 Å². The van der Waals surface area contributed by atoms with Crippen LogP contribution in [-0.4, -0.2) is 12.6 Å². The molecule has 1 rings (SSSR count). The molecule has 0 spiro atoms. The number of hydrogen-bond acceptors (Lipinski definition) is 1. The largest absolute Gasteiger partial charge is 0.416 e. The fraction of sp³-hybridized carbons (Fsp3) is 0.500. The number of halogens is 5. The number of hydrogen-bond donors (Lipinski definition) is 1. The molecular formula is C12H18Cl2F3N. The molecule has 106 valence electrons. The van der Waals surface area contributed by atoms with E-state index < -0.39 is 11.7 Å². The molecule has 0 heterocycles. The van der Waals surface area contributed by atoms with Crippen LogP contribution in [0.3, 0.4) is 0 Å². The van der Waals surface area contributed by atoms with E-state index in [2.05, 4.69) is 5.32 Å². The number of likely N-dealkylation sites (N-methyl/N-ethyl adjacent to an activating group) is 1. The van der Waals surface area contributed by atoms with Gasteiger partial charge in [-0.2, -0.15) is 13.2 Å². The second-order valence-corrected chi connectivity index (χ2v) is 3.86. The Labute approximate surface area is 118 Å². The zero-order chi connectivity index (χ0) is 12.2. The second-order valence-electron chi connectivity index (χ2n) is 3.86. The van der Waals surface area contributed by atoms with Crippen molar-refractivity contribution in [1.29, 1.82) is 0 Å². The maximum absolute atomic E-state index is 12.4. The third-order valence-electron chi connectivity index (χ3n) is 2.35. The Hall–Kier alpha value is -0.450. The Bertz CT molecular complexity index is 342. The Kier molecular flexibility index (Phi) is 9.52. The molecule has 1 aromatic rings. The van der Waals surface area contributed by atoms with Gasteiger partial charge in [0.25, 0.3) is 0 Å². The summed E-state index contributed by atoms with van der Waals surface area (Å²) in [6.07, 6.45) is -3.64. The Morgan fingerprint density at radius 3 is 2.33 bits per heavy atom. The highest BCUT2D eigenvalue weighted by atomic mass is 35.5. The molecule has 0 aliphatic rings. The van der Waals surface area contributed by atoms with Gasteiger partial charge in [-0.25, -0.2) is 0 Å². The predicted octanol–water partition coefficient (Wildman–Crippen LogP) is 4.09. The van der Waals surface area contributed by atoms with Crippen molar-refractivity contribution < 1.29 is 13.2 Å². The van der Waals surface area contributed by atoms with Crippen LogP contribution in [0.2, 0.25) is 0 Å². The minimum atomic E-state index is -4.25. The number of nitrogens with one attached hydrogen (secondary N) is 1. The fourth-order valence-electron chi connectivity index (χ4n) is 1.65. The Morgan fingerprint density at radius 2 is 1.83 bits per heavy atom. The number of benzene rings is 1. The average Bonchev–Trinajstić information content (AvgIpc) is 2.17. The molecule has 1 nitrogen and oxygen atoms in total. The zero-order valence-corrected chi connectivity index (χ0v) is 11.9. The highest BCUT2D eigenvalue weighted by molar-refractivity contribution is 5.85. The maximum atomic E-state index is 12.4. The van der Waals surface area contributed by atoms with Crippen molar-refractivity contribution in [3.8, 4) is 0 Å². The summed E-state index contributed by atoms with van der Waals surface area (Å²) in [4.78, 5) is 0. The summed E-state index contributed by atoms with van der Waals surface area (Å²) < 4.78 is 37.3. The summed E-state index contributed by atoms with van der Waals surface area (Å²) in [6, 6.07) is 5.68. The molecule has 0 saturated heterocycles. The van der Waals surface area contributed by atoms with E-state index >= 15 is 0 Å². The molecule has 6 heteroatoms. The van der Waals surface area contributed by atoms with E-state index in [-0.39, 0.29) is 30.9 Å². The maximum Gasteiger partial charge on any atom is 0.416 e. The van der Waals surface area contributed by atoms with Gasteiger partial charge >= 0.3 is 6.18 Å². The molecular weight excluding hydrogens is 286 g/mol. The molecule has 1 N–H and O–H groups in total. The SMILES string of the molecule is CCNC(C)Cc1cccc(C(F)(F)F)c1.Cl.Cl. The quantitative estimate of drug-likeness (QED) is 0.883. The molecule has 0 amide bonds. The third kappa shape index (κ3) is 6.47. The molecule has 0 aliphatic carbocycles. The molecule has 0 bridgehead atoms. The lowest BCUT2D eigenvalue weighted by Gasteiger charge is -2.13. The first-order valence-corrected chi connectivity index (χ1v) is 5.33. The van der Waals surface area contributed by atoms with E-state index in [0.717, 1.165) is 12.6 Å². The molecule has 0 aliphatic heterocycles. The van der Waals surface area contributed by atoms with Gasteiger partial charge in [0.2, 0.25) is 0 Å². The predicted molar refractivity (Wildman–Crippen MR) is 72.8 cm³/mol. The average molecular weight is 304 g/mol. The minimum absolute atomic E-state index is 0. The standard InChI is InChI=1S/C12H16F3N.2ClH/c1-3-16-9(2)7-10-5-4-6-11(8-10)12(13,14)15;;/h4-6,8-9,16H,3,7H2,1-2H3;2*1H. The van der Waals surface area contributed by atoms with Gasteiger partial charge in [0.05, 0.1) is 5.56 Å². The summed E-state index contributed by atoms with van der Waals surface area (Å²) >= 11 is 0. The zero-order valence-electron chi connectivity index (χ0n) is 10.3. The topological polar surface area (TPSA) is 12.0 Å². The van der Waals surface area contributed by atoms with Gasteiger partial charge in [-0.1, -0.05) is 25.1 Å².